The second-order valence-corrected chi connectivity index (χ2v) is 5.76. The van der Waals surface area contributed by atoms with Crippen molar-refractivity contribution in [1.82, 2.24) is 25.2 Å². The first-order valence-electron chi connectivity index (χ1n) is 7.30. The van der Waals surface area contributed by atoms with E-state index in [1.165, 1.54) is 38.5 Å². The van der Waals surface area contributed by atoms with Crippen molar-refractivity contribution in [2.75, 3.05) is 26.2 Å². The Morgan fingerprint density at radius 2 is 2.30 bits per heavy atom. The number of hydrogen-bond donors (Lipinski definition) is 2. The lowest BCUT2D eigenvalue weighted by atomic mass is 10.1. The topological polar surface area (TPSA) is 83.3 Å². The van der Waals surface area contributed by atoms with Gasteiger partial charge in [-0.1, -0.05) is 5.21 Å². The van der Waals surface area contributed by atoms with Crippen LogP contribution in [0.4, 0.5) is 0 Å². The van der Waals surface area contributed by atoms with Crippen LogP contribution in [0.3, 0.4) is 0 Å². The molecule has 2 aliphatic rings. The minimum Gasteiger partial charge on any atom is -0.476 e. The molecule has 0 amide bonds. The molecule has 0 spiro atoms. The predicted molar refractivity (Wildman–Crippen MR) is 72.6 cm³/mol. The summed E-state index contributed by atoms with van der Waals surface area (Å²) in [6.45, 7) is 4.96. The highest BCUT2D eigenvalue weighted by Gasteiger charge is 2.33. The lowest BCUT2D eigenvalue weighted by Gasteiger charge is -2.15. The Hall–Kier alpha value is -1.47. The highest BCUT2D eigenvalue weighted by Crippen LogP contribution is 2.31. The summed E-state index contributed by atoms with van der Waals surface area (Å²) < 4.78 is 1.57. The van der Waals surface area contributed by atoms with E-state index in [4.69, 9.17) is 5.11 Å². The number of rotatable bonds is 7. The third-order valence-corrected chi connectivity index (χ3v) is 4.09. The summed E-state index contributed by atoms with van der Waals surface area (Å²) in [5.74, 6) is -0.281. The molecule has 1 aromatic rings. The van der Waals surface area contributed by atoms with Gasteiger partial charge in [0.2, 0.25) is 0 Å². The van der Waals surface area contributed by atoms with E-state index in [0.717, 1.165) is 25.0 Å². The van der Waals surface area contributed by atoms with E-state index in [0.29, 0.717) is 6.54 Å². The van der Waals surface area contributed by atoms with E-state index < -0.39 is 5.97 Å². The molecule has 2 heterocycles. The van der Waals surface area contributed by atoms with Crippen LogP contribution in [0.5, 0.6) is 0 Å². The number of nitrogens with zero attached hydrogens (tertiary/aromatic N) is 4. The Morgan fingerprint density at radius 3 is 3.00 bits per heavy atom. The third-order valence-electron chi connectivity index (χ3n) is 4.09. The fourth-order valence-electron chi connectivity index (χ4n) is 2.81. The standard InChI is InChI=1S/C13H21N5O2/c19-13(20)12-9-18(16-15-12)6-4-14-7-10-3-5-17(8-10)11-1-2-11/h9-11,14H,1-8H2,(H,19,20). The molecule has 7 heteroatoms. The number of aromatic nitrogens is 3. The van der Waals surface area contributed by atoms with Crippen LogP contribution in [0, 0.1) is 5.92 Å². The maximum Gasteiger partial charge on any atom is 0.358 e. The number of likely N-dealkylation sites (tertiary alicyclic amines) is 1. The highest BCUT2D eigenvalue weighted by molar-refractivity contribution is 5.84. The van der Waals surface area contributed by atoms with E-state index in [2.05, 4.69) is 20.5 Å². The molecule has 110 valence electrons. The molecular formula is C13H21N5O2. The van der Waals surface area contributed by atoms with Gasteiger partial charge in [0.1, 0.15) is 0 Å². The molecule has 1 atom stereocenters. The van der Waals surface area contributed by atoms with E-state index >= 15 is 0 Å². The fraction of sp³-hybridized carbons (Fsp3) is 0.769. The largest absolute Gasteiger partial charge is 0.476 e. The quantitative estimate of drug-likeness (QED) is 0.686. The number of carboxylic acids is 1. The highest BCUT2D eigenvalue weighted by atomic mass is 16.4. The van der Waals surface area contributed by atoms with Gasteiger partial charge in [0.25, 0.3) is 0 Å². The van der Waals surface area contributed by atoms with Gasteiger partial charge in [-0.25, -0.2) is 4.79 Å². The van der Waals surface area contributed by atoms with Crippen LogP contribution in [0.15, 0.2) is 6.20 Å². The van der Waals surface area contributed by atoms with E-state index in [1.807, 2.05) is 0 Å². The second kappa shape index (κ2) is 5.88. The monoisotopic (exact) mass is 279 g/mol. The molecule has 7 nitrogen and oxygen atoms in total. The lowest BCUT2D eigenvalue weighted by molar-refractivity contribution is 0.0690. The zero-order chi connectivity index (χ0) is 13.9. The normalized spacial score (nSPS) is 23.3. The Labute approximate surface area is 117 Å². The molecule has 1 saturated carbocycles. The molecule has 0 aromatic carbocycles. The predicted octanol–water partition coefficient (Wildman–Crippen LogP) is 0.0502. The van der Waals surface area contributed by atoms with Crippen LogP contribution in [0.2, 0.25) is 0 Å². The van der Waals surface area contributed by atoms with Crippen molar-refractivity contribution in [3.63, 3.8) is 0 Å². The summed E-state index contributed by atoms with van der Waals surface area (Å²) in [5.41, 5.74) is 0.000804. The zero-order valence-electron chi connectivity index (χ0n) is 11.5. The number of carbonyl (C=O) groups is 1. The molecule has 1 unspecified atom stereocenters. The molecule has 0 radical (unpaired) electrons. The van der Waals surface area contributed by atoms with Gasteiger partial charge >= 0.3 is 5.97 Å². The molecule has 1 saturated heterocycles. The van der Waals surface area contributed by atoms with Crippen LogP contribution in [0.25, 0.3) is 0 Å². The average Bonchev–Trinajstić information content (AvgIpc) is 3.00. The maximum absolute atomic E-state index is 10.7. The smallest absolute Gasteiger partial charge is 0.358 e. The van der Waals surface area contributed by atoms with Gasteiger partial charge in [-0.15, -0.1) is 5.10 Å². The first-order chi connectivity index (χ1) is 9.72. The molecule has 2 fully saturated rings. The van der Waals surface area contributed by atoms with Gasteiger partial charge < -0.3 is 15.3 Å². The number of nitrogens with one attached hydrogen (secondary N) is 1. The Morgan fingerprint density at radius 1 is 1.45 bits per heavy atom. The van der Waals surface area contributed by atoms with Crippen LogP contribution in [-0.2, 0) is 6.54 Å². The maximum atomic E-state index is 10.7. The Bertz CT molecular complexity index is 471. The first kappa shape index (κ1) is 13.5. The summed E-state index contributed by atoms with van der Waals surface area (Å²) in [6, 6.07) is 0.879. The minimum atomic E-state index is -1.03. The molecule has 1 aliphatic carbocycles. The molecule has 3 rings (SSSR count). The van der Waals surface area contributed by atoms with E-state index in [-0.39, 0.29) is 5.69 Å². The van der Waals surface area contributed by atoms with Crippen molar-refractivity contribution in [3.05, 3.63) is 11.9 Å². The van der Waals surface area contributed by atoms with Gasteiger partial charge in [-0.3, -0.25) is 4.68 Å². The molecule has 0 bridgehead atoms. The fourth-order valence-corrected chi connectivity index (χ4v) is 2.81. The number of carboxylic acid groups (broad SMARTS) is 1. The molecule has 1 aromatic heterocycles. The van der Waals surface area contributed by atoms with Crippen molar-refractivity contribution >= 4 is 5.97 Å². The van der Waals surface area contributed by atoms with Gasteiger partial charge in [0.05, 0.1) is 12.7 Å². The second-order valence-electron chi connectivity index (χ2n) is 5.76. The van der Waals surface area contributed by atoms with Gasteiger partial charge in [-0.2, -0.15) is 0 Å². The van der Waals surface area contributed by atoms with Crippen molar-refractivity contribution in [1.29, 1.82) is 0 Å². The average molecular weight is 279 g/mol. The molecule has 20 heavy (non-hydrogen) atoms. The summed E-state index contributed by atoms with van der Waals surface area (Å²) >= 11 is 0. The van der Waals surface area contributed by atoms with Crippen LogP contribution in [0.1, 0.15) is 29.8 Å². The minimum absolute atomic E-state index is 0.000804. The van der Waals surface area contributed by atoms with Crippen molar-refractivity contribution in [3.8, 4) is 0 Å². The van der Waals surface area contributed by atoms with Crippen molar-refractivity contribution < 1.29 is 9.90 Å². The first-order valence-corrected chi connectivity index (χ1v) is 7.30. The molecule has 1 aliphatic heterocycles. The van der Waals surface area contributed by atoms with Crippen LogP contribution < -0.4 is 5.32 Å². The molecular weight excluding hydrogens is 258 g/mol. The third kappa shape index (κ3) is 3.34. The number of aromatic carboxylic acids is 1. The van der Waals surface area contributed by atoms with Crippen LogP contribution >= 0.6 is 0 Å². The SMILES string of the molecule is O=C(O)c1cn(CCNCC2CCN(C3CC3)C2)nn1. The van der Waals surface area contributed by atoms with E-state index in [9.17, 15) is 4.79 Å². The number of hydrogen-bond acceptors (Lipinski definition) is 5. The zero-order valence-corrected chi connectivity index (χ0v) is 11.5. The van der Waals surface area contributed by atoms with Crippen molar-refractivity contribution in [2.24, 2.45) is 5.92 Å². The molecule has 2 N–H and O–H groups in total. The Balaban J connectivity index is 1.32. The summed E-state index contributed by atoms with van der Waals surface area (Å²) in [5, 5.41) is 19.6. The Kier molecular flexibility index (Phi) is 3.98. The van der Waals surface area contributed by atoms with Gasteiger partial charge in [0, 0.05) is 19.1 Å². The van der Waals surface area contributed by atoms with E-state index in [1.54, 1.807) is 4.68 Å². The van der Waals surface area contributed by atoms with Crippen molar-refractivity contribution in [2.45, 2.75) is 31.8 Å². The van der Waals surface area contributed by atoms with Crippen LogP contribution in [-0.4, -0.2) is 63.2 Å². The summed E-state index contributed by atoms with van der Waals surface area (Å²) in [4.78, 5) is 13.3. The summed E-state index contributed by atoms with van der Waals surface area (Å²) in [6.07, 6.45) is 5.53. The lowest BCUT2D eigenvalue weighted by Crippen LogP contribution is -2.29. The van der Waals surface area contributed by atoms with Gasteiger partial charge in [-0.05, 0) is 38.3 Å². The summed E-state index contributed by atoms with van der Waals surface area (Å²) in [7, 11) is 0. The van der Waals surface area contributed by atoms with Gasteiger partial charge in [0.15, 0.2) is 5.69 Å².